The van der Waals surface area contributed by atoms with Crippen LogP contribution in [0.25, 0.3) is 0 Å². The number of hydrogen-bond donors (Lipinski definition) is 1. The summed E-state index contributed by atoms with van der Waals surface area (Å²) in [6.07, 6.45) is 4.39. The molecule has 2 aliphatic rings. The van der Waals surface area contributed by atoms with Gasteiger partial charge in [0.1, 0.15) is 0 Å². The van der Waals surface area contributed by atoms with Gasteiger partial charge in [-0.25, -0.2) is 0 Å². The number of rotatable bonds is 1. The number of aryl methyl sites for hydroxylation is 1. The standard InChI is InChI=1S/C11H12O2S/c12-10(13)8-9-7(2-6-14-9)1-3-11(8)4-5-11/h2,6,8H,1,3-5H2,(H,12,13). The first-order valence-corrected chi connectivity index (χ1v) is 5.90. The highest BCUT2D eigenvalue weighted by Gasteiger charge is 2.55. The lowest BCUT2D eigenvalue weighted by Gasteiger charge is -2.28. The van der Waals surface area contributed by atoms with Crippen molar-refractivity contribution in [3.8, 4) is 0 Å². The molecule has 0 amide bonds. The molecule has 1 aromatic rings. The van der Waals surface area contributed by atoms with Gasteiger partial charge in [0, 0.05) is 4.88 Å². The Kier molecular flexibility index (Phi) is 1.57. The van der Waals surface area contributed by atoms with Crippen molar-refractivity contribution >= 4 is 17.3 Å². The number of carbonyl (C=O) groups is 1. The monoisotopic (exact) mass is 208 g/mol. The molecule has 0 radical (unpaired) electrons. The Labute approximate surface area is 86.6 Å². The average Bonchev–Trinajstić information content (AvgIpc) is 2.75. The molecule has 1 atom stereocenters. The topological polar surface area (TPSA) is 37.3 Å². The van der Waals surface area contributed by atoms with Crippen molar-refractivity contribution in [2.45, 2.75) is 31.6 Å². The maximum absolute atomic E-state index is 11.3. The minimum atomic E-state index is -0.620. The first-order valence-electron chi connectivity index (χ1n) is 5.02. The number of fused-ring (bicyclic) bond motifs is 1. The summed E-state index contributed by atoms with van der Waals surface area (Å²) in [4.78, 5) is 12.4. The molecule has 1 aromatic heterocycles. The second-order valence-corrected chi connectivity index (χ2v) is 5.39. The van der Waals surface area contributed by atoms with E-state index in [0.717, 1.165) is 30.6 Å². The molecule has 1 fully saturated rings. The Bertz CT molecular complexity index is 390. The van der Waals surface area contributed by atoms with E-state index in [-0.39, 0.29) is 11.3 Å². The van der Waals surface area contributed by atoms with Crippen LogP contribution >= 0.6 is 11.3 Å². The molecule has 1 saturated carbocycles. The van der Waals surface area contributed by atoms with Crippen LogP contribution in [0.2, 0.25) is 0 Å². The van der Waals surface area contributed by atoms with Crippen LogP contribution in [0.3, 0.4) is 0 Å². The second-order valence-electron chi connectivity index (χ2n) is 4.44. The first-order chi connectivity index (χ1) is 6.73. The SMILES string of the molecule is O=C(O)C1c2sccc2CCC12CC2. The molecule has 0 aromatic carbocycles. The fourth-order valence-corrected chi connectivity index (χ4v) is 3.87. The fraction of sp³-hybridized carbons (Fsp3) is 0.545. The summed E-state index contributed by atoms with van der Waals surface area (Å²) in [6, 6.07) is 2.09. The van der Waals surface area contributed by atoms with Crippen LogP contribution in [0.15, 0.2) is 11.4 Å². The van der Waals surface area contributed by atoms with Crippen molar-refractivity contribution < 1.29 is 9.90 Å². The van der Waals surface area contributed by atoms with Gasteiger partial charge in [-0.2, -0.15) is 0 Å². The summed E-state index contributed by atoms with van der Waals surface area (Å²) in [7, 11) is 0. The van der Waals surface area contributed by atoms with Gasteiger partial charge < -0.3 is 5.11 Å². The predicted molar refractivity (Wildman–Crippen MR) is 54.7 cm³/mol. The van der Waals surface area contributed by atoms with Crippen LogP contribution in [0.5, 0.6) is 0 Å². The molecule has 2 nitrogen and oxygen atoms in total. The zero-order valence-corrected chi connectivity index (χ0v) is 8.64. The highest BCUT2D eigenvalue weighted by Crippen LogP contribution is 2.62. The van der Waals surface area contributed by atoms with Gasteiger partial charge in [-0.1, -0.05) is 0 Å². The normalized spacial score (nSPS) is 27.3. The zero-order valence-electron chi connectivity index (χ0n) is 7.82. The van der Waals surface area contributed by atoms with Gasteiger partial charge in [-0.3, -0.25) is 4.79 Å². The van der Waals surface area contributed by atoms with Crippen LogP contribution < -0.4 is 0 Å². The van der Waals surface area contributed by atoms with Crippen molar-refractivity contribution in [3.63, 3.8) is 0 Å². The molecule has 1 N–H and O–H groups in total. The minimum Gasteiger partial charge on any atom is -0.481 e. The molecule has 0 aliphatic heterocycles. The first kappa shape index (κ1) is 8.48. The quantitative estimate of drug-likeness (QED) is 0.770. The lowest BCUT2D eigenvalue weighted by atomic mass is 9.77. The van der Waals surface area contributed by atoms with Crippen molar-refractivity contribution in [3.05, 3.63) is 21.9 Å². The van der Waals surface area contributed by atoms with Gasteiger partial charge in [0.2, 0.25) is 0 Å². The predicted octanol–water partition coefficient (Wildman–Crippen LogP) is 2.64. The van der Waals surface area contributed by atoms with Gasteiger partial charge in [0.15, 0.2) is 0 Å². The van der Waals surface area contributed by atoms with E-state index in [1.54, 1.807) is 11.3 Å². The molecule has 3 heteroatoms. The number of carboxylic acid groups (broad SMARTS) is 1. The van der Waals surface area contributed by atoms with Crippen LogP contribution in [0, 0.1) is 5.41 Å². The van der Waals surface area contributed by atoms with Crippen LogP contribution in [-0.4, -0.2) is 11.1 Å². The van der Waals surface area contributed by atoms with Gasteiger partial charge in [0.05, 0.1) is 5.92 Å². The summed E-state index contributed by atoms with van der Waals surface area (Å²) >= 11 is 1.62. The van der Waals surface area contributed by atoms with Crippen molar-refractivity contribution in [2.75, 3.05) is 0 Å². The van der Waals surface area contributed by atoms with E-state index in [1.165, 1.54) is 5.56 Å². The second kappa shape index (κ2) is 2.60. The number of carboxylic acids is 1. The third-order valence-electron chi connectivity index (χ3n) is 3.69. The number of aliphatic carboxylic acids is 1. The maximum atomic E-state index is 11.3. The van der Waals surface area contributed by atoms with Gasteiger partial charge in [0.25, 0.3) is 0 Å². The molecule has 14 heavy (non-hydrogen) atoms. The molecule has 0 bridgehead atoms. The Hall–Kier alpha value is -0.830. The minimum absolute atomic E-state index is 0.143. The zero-order chi connectivity index (χ0) is 9.76. The summed E-state index contributed by atoms with van der Waals surface area (Å²) < 4.78 is 0. The van der Waals surface area contributed by atoms with E-state index < -0.39 is 5.97 Å². The highest BCUT2D eigenvalue weighted by molar-refractivity contribution is 7.10. The van der Waals surface area contributed by atoms with E-state index >= 15 is 0 Å². The van der Waals surface area contributed by atoms with Crippen molar-refractivity contribution in [1.29, 1.82) is 0 Å². The molecular formula is C11H12O2S. The molecule has 3 rings (SSSR count). The van der Waals surface area contributed by atoms with E-state index in [4.69, 9.17) is 0 Å². The van der Waals surface area contributed by atoms with Gasteiger partial charge >= 0.3 is 5.97 Å². The smallest absolute Gasteiger partial charge is 0.312 e. The third-order valence-corrected chi connectivity index (χ3v) is 4.71. The fourth-order valence-electron chi connectivity index (χ4n) is 2.69. The molecule has 74 valence electrons. The summed E-state index contributed by atoms with van der Waals surface area (Å²) in [6.45, 7) is 0. The van der Waals surface area contributed by atoms with Crippen LogP contribution in [0.4, 0.5) is 0 Å². The van der Waals surface area contributed by atoms with Crippen LogP contribution in [0.1, 0.15) is 35.6 Å². The van der Waals surface area contributed by atoms with Crippen molar-refractivity contribution in [2.24, 2.45) is 5.41 Å². The lowest BCUT2D eigenvalue weighted by molar-refractivity contribution is -0.140. The van der Waals surface area contributed by atoms with Gasteiger partial charge in [-0.05, 0) is 48.1 Å². The van der Waals surface area contributed by atoms with Crippen LogP contribution in [-0.2, 0) is 11.2 Å². The van der Waals surface area contributed by atoms with E-state index in [0.29, 0.717) is 0 Å². The van der Waals surface area contributed by atoms with E-state index in [9.17, 15) is 9.90 Å². The molecule has 1 heterocycles. The number of hydrogen-bond acceptors (Lipinski definition) is 2. The Morgan fingerprint density at radius 3 is 2.93 bits per heavy atom. The largest absolute Gasteiger partial charge is 0.481 e. The Balaban J connectivity index is 2.10. The molecular weight excluding hydrogens is 196 g/mol. The molecule has 0 saturated heterocycles. The summed E-state index contributed by atoms with van der Waals surface area (Å²) in [5.41, 5.74) is 1.42. The summed E-state index contributed by atoms with van der Waals surface area (Å²) in [5.74, 6) is -0.822. The molecule has 1 spiro atoms. The number of thiophene rings is 1. The highest BCUT2D eigenvalue weighted by atomic mass is 32.1. The van der Waals surface area contributed by atoms with Crippen molar-refractivity contribution in [1.82, 2.24) is 0 Å². The Morgan fingerprint density at radius 2 is 2.29 bits per heavy atom. The van der Waals surface area contributed by atoms with E-state index in [1.807, 2.05) is 5.38 Å². The molecule has 2 aliphatic carbocycles. The summed E-state index contributed by atoms with van der Waals surface area (Å²) in [5, 5.41) is 11.3. The maximum Gasteiger partial charge on any atom is 0.312 e. The lowest BCUT2D eigenvalue weighted by Crippen LogP contribution is -2.27. The molecule has 1 unspecified atom stereocenters. The van der Waals surface area contributed by atoms with Gasteiger partial charge in [-0.15, -0.1) is 11.3 Å². The third kappa shape index (κ3) is 0.989. The Morgan fingerprint density at radius 1 is 1.50 bits per heavy atom. The van der Waals surface area contributed by atoms with E-state index in [2.05, 4.69) is 6.07 Å². The average molecular weight is 208 g/mol.